The lowest BCUT2D eigenvalue weighted by molar-refractivity contribution is -0.384. The Morgan fingerprint density at radius 2 is 1.70 bits per heavy atom. The summed E-state index contributed by atoms with van der Waals surface area (Å²) in [6.45, 7) is 0.0829. The molecule has 1 fully saturated rings. The second-order valence-corrected chi connectivity index (χ2v) is 7.17. The zero-order valence-corrected chi connectivity index (χ0v) is 15.6. The van der Waals surface area contributed by atoms with Crippen molar-refractivity contribution in [1.29, 1.82) is 0 Å². The van der Waals surface area contributed by atoms with E-state index in [9.17, 15) is 19.7 Å². The maximum atomic E-state index is 12.6. The van der Waals surface area contributed by atoms with Crippen LogP contribution in [0.25, 0.3) is 6.08 Å². The van der Waals surface area contributed by atoms with Gasteiger partial charge in [0.15, 0.2) is 0 Å². The molecule has 0 bridgehead atoms. The molecule has 8 heteroatoms. The number of amides is 2. The van der Waals surface area contributed by atoms with Gasteiger partial charge in [-0.2, -0.15) is 0 Å². The summed E-state index contributed by atoms with van der Waals surface area (Å²) in [5.41, 5.74) is 2.49. The van der Waals surface area contributed by atoms with Gasteiger partial charge < -0.3 is 4.90 Å². The molecule has 0 aromatic heterocycles. The van der Waals surface area contributed by atoms with Crippen molar-refractivity contribution >= 4 is 40.4 Å². The number of nitro groups is 1. The third kappa shape index (κ3) is 4.17. The van der Waals surface area contributed by atoms with E-state index < -0.39 is 4.92 Å². The van der Waals surface area contributed by atoms with Gasteiger partial charge in [0, 0.05) is 31.9 Å². The Hall–Kier alpha value is -3.13. The SMILES string of the molecule is CN(C)c1ccc(/C=C2/SC(=O)N(Cc3ccc([N+](=O)[O-])cc3)C2=O)cc1. The number of nitrogens with zero attached hydrogens (tertiary/aromatic N) is 3. The molecule has 0 radical (unpaired) electrons. The molecule has 0 spiro atoms. The normalized spacial score (nSPS) is 15.5. The van der Waals surface area contributed by atoms with Gasteiger partial charge >= 0.3 is 0 Å². The van der Waals surface area contributed by atoms with E-state index in [0.717, 1.165) is 27.9 Å². The Morgan fingerprint density at radius 3 is 2.26 bits per heavy atom. The Kier molecular flexibility index (Phi) is 5.27. The first kappa shape index (κ1) is 18.7. The predicted molar refractivity (Wildman–Crippen MR) is 105 cm³/mol. The molecule has 0 saturated carbocycles. The molecule has 1 aliphatic heterocycles. The molecule has 1 saturated heterocycles. The lowest BCUT2D eigenvalue weighted by Gasteiger charge is -2.12. The van der Waals surface area contributed by atoms with Crippen molar-refractivity contribution in [3.63, 3.8) is 0 Å². The topological polar surface area (TPSA) is 83.8 Å². The smallest absolute Gasteiger partial charge is 0.293 e. The zero-order chi connectivity index (χ0) is 19.6. The standard InChI is InChI=1S/C19H17N3O4S/c1-20(2)15-7-3-13(4-8-15)11-17-18(23)21(19(24)27-17)12-14-5-9-16(10-6-14)22(25)26/h3-11H,12H2,1-2H3/b17-11+. The summed E-state index contributed by atoms with van der Waals surface area (Å²) in [5, 5.41) is 10.4. The molecule has 138 valence electrons. The first-order valence-corrected chi connectivity index (χ1v) is 8.93. The number of rotatable bonds is 5. The summed E-state index contributed by atoms with van der Waals surface area (Å²) >= 11 is 0.894. The van der Waals surface area contributed by atoms with Crippen molar-refractivity contribution in [3.8, 4) is 0 Å². The fraction of sp³-hybridized carbons (Fsp3) is 0.158. The molecule has 0 aliphatic carbocycles. The second kappa shape index (κ2) is 7.63. The van der Waals surface area contributed by atoms with E-state index in [1.165, 1.54) is 12.1 Å². The van der Waals surface area contributed by atoms with Crippen LogP contribution < -0.4 is 4.90 Å². The fourth-order valence-corrected chi connectivity index (χ4v) is 3.40. The van der Waals surface area contributed by atoms with Crippen LogP contribution in [0.4, 0.5) is 16.2 Å². The van der Waals surface area contributed by atoms with E-state index >= 15 is 0 Å². The number of benzene rings is 2. The molecular formula is C19H17N3O4S. The number of thioether (sulfide) groups is 1. The minimum Gasteiger partial charge on any atom is -0.378 e. The zero-order valence-electron chi connectivity index (χ0n) is 14.8. The van der Waals surface area contributed by atoms with Gasteiger partial charge in [-0.1, -0.05) is 24.3 Å². The fourth-order valence-electron chi connectivity index (χ4n) is 2.56. The third-order valence-electron chi connectivity index (χ3n) is 4.07. The minimum atomic E-state index is -0.492. The molecular weight excluding hydrogens is 366 g/mol. The second-order valence-electron chi connectivity index (χ2n) is 6.18. The highest BCUT2D eigenvalue weighted by Crippen LogP contribution is 2.33. The third-order valence-corrected chi connectivity index (χ3v) is 4.98. The van der Waals surface area contributed by atoms with Gasteiger partial charge in [-0.3, -0.25) is 24.6 Å². The van der Waals surface area contributed by atoms with E-state index in [1.807, 2.05) is 43.3 Å². The van der Waals surface area contributed by atoms with Crippen molar-refractivity contribution in [2.45, 2.75) is 6.54 Å². The Balaban J connectivity index is 1.75. The quantitative estimate of drug-likeness (QED) is 0.442. The molecule has 0 unspecified atom stereocenters. The monoisotopic (exact) mass is 383 g/mol. The van der Waals surface area contributed by atoms with E-state index in [4.69, 9.17) is 0 Å². The van der Waals surface area contributed by atoms with Gasteiger partial charge in [-0.15, -0.1) is 0 Å². The summed E-state index contributed by atoms with van der Waals surface area (Å²) in [5.74, 6) is -0.361. The number of carbonyl (C=O) groups excluding carboxylic acids is 2. The highest BCUT2D eigenvalue weighted by Gasteiger charge is 2.35. The minimum absolute atomic E-state index is 0.0334. The molecule has 2 aromatic carbocycles. The summed E-state index contributed by atoms with van der Waals surface area (Å²) in [7, 11) is 3.89. The van der Waals surface area contributed by atoms with Crippen molar-refractivity contribution in [3.05, 3.63) is 74.7 Å². The van der Waals surface area contributed by atoms with Crippen LogP contribution in [0.5, 0.6) is 0 Å². The van der Waals surface area contributed by atoms with Gasteiger partial charge in [-0.25, -0.2) is 0 Å². The van der Waals surface area contributed by atoms with Gasteiger partial charge in [0.1, 0.15) is 0 Å². The Labute approximate surface area is 160 Å². The molecule has 2 aromatic rings. The maximum absolute atomic E-state index is 12.6. The Bertz CT molecular complexity index is 921. The first-order valence-electron chi connectivity index (χ1n) is 8.11. The molecule has 7 nitrogen and oxygen atoms in total. The van der Waals surface area contributed by atoms with Crippen LogP contribution in [-0.2, 0) is 11.3 Å². The van der Waals surface area contributed by atoms with Crippen LogP contribution >= 0.6 is 11.8 Å². The van der Waals surface area contributed by atoms with Crippen LogP contribution in [-0.4, -0.2) is 35.1 Å². The molecule has 3 rings (SSSR count). The highest BCUT2D eigenvalue weighted by molar-refractivity contribution is 8.18. The van der Waals surface area contributed by atoms with Gasteiger partial charge in [0.05, 0.1) is 16.4 Å². The number of anilines is 1. The van der Waals surface area contributed by atoms with E-state index in [2.05, 4.69) is 0 Å². The molecule has 0 atom stereocenters. The number of hydrogen-bond donors (Lipinski definition) is 0. The van der Waals surface area contributed by atoms with E-state index in [-0.39, 0.29) is 23.4 Å². The Morgan fingerprint density at radius 1 is 1.07 bits per heavy atom. The molecule has 27 heavy (non-hydrogen) atoms. The lowest BCUT2D eigenvalue weighted by Crippen LogP contribution is -2.27. The van der Waals surface area contributed by atoms with E-state index in [0.29, 0.717) is 10.5 Å². The van der Waals surface area contributed by atoms with Crippen LogP contribution in [0.1, 0.15) is 11.1 Å². The van der Waals surface area contributed by atoms with E-state index in [1.54, 1.807) is 18.2 Å². The number of hydrogen-bond acceptors (Lipinski definition) is 6. The predicted octanol–water partition coefficient (Wildman–Crippen LogP) is 3.90. The van der Waals surface area contributed by atoms with Gasteiger partial charge in [0.2, 0.25) is 0 Å². The summed E-state index contributed by atoms with van der Waals surface area (Å²) < 4.78 is 0. The van der Waals surface area contributed by atoms with Gasteiger partial charge in [-0.05, 0) is 41.1 Å². The average Bonchev–Trinajstić information content (AvgIpc) is 2.90. The number of nitro benzene ring substituents is 1. The first-order chi connectivity index (χ1) is 12.8. The number of carbonyl (C=O) groups is 2. The number of imide groups is 1. The summed E-state index contributed by atoms with van der Waals surface area (Å²) in [6.07, 6.45) is 1.69. The van der Waals surface area contributed by atoms with Crippen LogP contribution in [0.3, 0.4) is 0 Å². The van der Waals surface area contributed by atoms with Crippen molar-refractivity contribution in [2.75, 3.05) is 19.0 Å². The summed E-state index contributed by atoms with van der Waals surface area (Å²) in [4.78, 5) is 38.5. The molecule has 2 amide bonds. The average molecular weight is 383 g/mol. The molecule has 1 heterocycles. The summed E-state index contributed by atoms with van der Waals surface area (Å²) in [6, 6.07) is 13.5. The molecule has 0 N–H and O–H groups in total. The van der Waals surface area contributed by atoms with Crippen molar-refractivity contribution in [2.24, 2.45) is 0 Å². The lowest BCUT2D eigenvalue weighted by atomic mass is 10.1. The van der Waals surface area contributed by atoms with Crippen LogP contribution in [0.15, 0.2) is 53.4 Å². The largest absolute Gasteiger partial charge is 0.378 e. The van der Waals surface area contributed by atoms with Crippen LogP contribution in [0.2, 0.25) is 0 Å². The van der Waals surface area contributed by atoms with Crippen LogP contribution in [0, 0.1) is 10.1 Å². The molecule has 1 aliphatic rings. The van der Waals surface area contributed by atoms with Gasteiger partial charge in [0.25, 0.3) is 16.8 Å². The van der Waals surface area contributed by atoms with Crippen molar-refractivity contribution in [1.82, 2.24) is 4.90 Å². The maximum Gasteiger partial charge on any atom is 0.293 e. The number of non-ortho nitro benzene ring substituents is 1. The highest BCUT2D eigenvalue weighted by atomic mass is 32.2. The van der Waals surface area contributed by atoms with Crippen molar-refractivity contribution < 1.29 is 14.5 Å².